The van der Waals surface area contributed by atoms with Crippen LogP contribution in [-0.2, 0) is 9.47 Å². The van der Waals surface area contributed by atoms with Crippen molar-refractivity contribution in [2.45, 2.75) is 90.3 Å². The van der Waals surface area contributed by atoms with Gasteiger partial charge in [-0.05, 0) is 60.8 Å². The molecule has 0 radical (unpaired) electrons. The van der Waals surface area contributed by atoms with Gasteiger partial charge in [-0.3, -0.25) is 0 Å². The number of hydrogen-bond acceptors (Lipinski definition) is 3. The molecule has 0 heterocycles. The molecule has 0 aliphatic heterocycles. The summed E-state index contributed by atoms with van der Waals surface area (Å²) >= 11 is 0. The van der Waals surface area contributed by atoms with Gasteiger partial charge in [0.05, 0.1) is 23.4 Å². The molecule has 0 aromatic rings. The van der Waals surface area contributed by atoms with Crippen LogP contribution >= 0.6 is 0 Å². The first kappa shape index (κ1) is 14.9. The summed E-state index contributed by atoms with van der Waals surface area (Å²) in [4.78, 5) is 0. The van der Waals surface area contributed by atoms with Crippen molar-refractivity contribution < 1.29 is 9.47 Å². The SMILES string of the molecule is CC(C)(C)OC1CCCC(N)C1OC(C)(C)C. The van der Waals surface area contributed by atoms with Gasteiger partial charge in [-0.25, -0.2) is 0 Å². The van der Waals surface area contributed by atoms with E-state index in [1.165, 1.54) is 0 Å². The first-order valence-electron chi connectivity index (χ1n) is 6.70. The zero-order chi connectivity index (χ0) is 13.3. The third-order valence-electron chi connectivity index (χ3n) is 2.81. The smallest absolute Gasteiger partial charge is 0.0994 e. The molecule has 2 N–H and O–H groups in total. The summed E-state index contributed by atoms with van der Waals surface area (Å²) in [5.41, 5.74) is 5.89. The molecule has 0 aromatic heterocycles. The Balaban J connectivity index is 2.70. The van der Waals surface area contributed by atoms with E-state index < -0.39 is 0 Å². The largest absolute Gasteiger partial charge is 0.370 e. The van der Waals surface area contributed by atoms with Crippen LogP contribution in [0.5, 0.6) is 0 Å². The summed E-state index contributed by atoms with van der Waals surface area (Å²) in [5, 5.41) is 0. The summed E-state index contributed by atoms with van der Waals surface area (Å²) in [5.74, 6) is 0. The van der Waals surface area contributed by atoms with E-state index in [4.69, 9.17) is 15.2 Å². The fraction of sp³-hybridized carbons (Fsp3) is 1.00. The summed E-state index contributed by atoms with van der Waals surface area (Å²) in [6.45, 7) is 12.5. The van der Waals surface area contributed by atoms with Gasteiger partial charge in [0.25, 0.3) is 0 Å². The zero-order valence-electron chi connectivity index (χ0n) is 12.2. The average Bonchev–Trinajstić information content (AvgIpc) is 2.07. The van der Waals surface area contributed by atoms with Crippen LogP contribution in [0.3, 0.4) is 0 Å². The topological polar surface area (TPSA) is 44.5 Å². The quantitative estimate of drug-likeness (QED) is 0.811. The normalized spacial score (nSPS) is 31.6. The molecule has 1 rings (SSSR count). The highest BCUT2D eigenvalue weighted by Gasteiger charge is 2.37. The molecule has 0 aromatic carbocycles. The van der Waals surface area contributed by atoms with Gasteiger partial charge >= 0.3 is 0 Å². The fourth-order valence-corrected chi connectivity index (χ4v) is 2.31. The van der Waals surface area contributed by atoms with E-state index in [1.54, 1.807) is 0 Å². The molecule has 3 atom stereocenters. The Bertz CT molecular complexity index is 240. The predicted octanol–water partition coefficient (Wildman–Crippen LogP) is 2.87. The molecule has 3 heteroatoms. The Morgan fingerprint density at radius 1 is 0.882 bits per heavy atom. The van der Waals surface area contributed by atoms with Crippen LogP contribution in [0.15, 0.2) is 0 Å². The maximum absolute atomic E-state index is 6.19. The lowest BCUT2D eigenvalue weighted by Gasteiger charge is -2.42. The van der Waals surface area contributed by atoms with E-state index in [-0.39, 0.29) is 29.5 Å². The number of ether oxygens (including phenoxy) is 2. The molecule has 0 spiro atoms. The van der Waals surface area contributed by atoms with E-state index in [0.29, 0.717) is 0 Å². The van der Waals surface area contributed by atoms with Crippen LogP contribution in [0.1, 0.15) is 60.8 Å². The standard InChI is InChI=1S/C14H29NO2/c1-13(2,3)16-11-9-7-8-10(15)12(11)17-14(4,5)6/h10-12H,7-9,15H2,1-6H3. The second-order valence-electron chi connectivity index (χ2n) is 7.06. The number of rotatable bonds is 2. The van der Waals surface area contributed by atoms with Gasteiger partial charge in [0.15, 0.2) is 0 Å². The monoisotopic (exact) mass is 243 g/mol. The van der Waals surface area contributed by atoms with Crippen molar-refractivity contribution in [2.24, 2.45) is 5.73 Å². The van der Waals surface area contributed by atoms with Gasteiger partial charge in [-0.1, -0.05) is 0 Å². The van der Waals surface area contributed by atoms with Gasteiger partial charge in [-0.2, -0.15) is 0 Å². The highest BCUT2D eigenvalue weighted by molar-refractivity contribution is 4.89. The molecule has 3 nitrogen and oxygen atoms in total. The summed E-state index contributed by atoms with van der Waals surface area (Å²) < 4.78 is 12.2. The Kier molecular flexibility index (Phi) is 4.61. The van der Waals surface area contributed by atoms with Crippen LogP contribution in [0.25, 0.3) is 0 Å². The second kappa shape index (κ2) is 5.25. The van der Waals surface area contributed by atoms with Crippen molar-refractivity contribution in [1.29, 1.82) is 0 Å². The van der Waals surface area contributed by atoms with Gasteiger partial charge < -0.3 is 15.2 Å². The van der Waals surface area contributed by atoms with E-state index in [2.05, 4.69) is 41.5 Å². The Morgan fingerprint density at radius 3 is 1.88 bits per heavy atom. The van der Waals surface area contributed by atoms with Crippen LogP contribution in [0.4, 0.5) is 0 Å². The van der Waals surface area contributed by atoms with E-state index in [0.717, 1.165) is 19.3 Å². The molecule has 102 valence electrons. The van der Waals surface area contributed by atoms with Gasteiger partial charge in [-0.15, -0.1) is 0 Å². The Labute approximate surface area is 106 Å². The number of nitrogens with two attached hydrogens (primary N) is 1. The third-order valence-corrected chi connectivity index (χ3v) is 2.81. The average molecular weight is 243 g/mol. The fourth-order valence-electron chi connectivity index (χ4n) is 2.31. The number of hydrogen-bond donors (Lipinski definition) is 1. The second-order valence-corrected chi connectivity index (χ2v) is 7.06. The van der Waals surface area contributed by atoms with Crippen LogP contribution < -0.4 is 5.73 Å². The molecule has 17 heavy (non-hydrogen) atoms. The zero-order valence-corrected chi connectivity index (χ0v) is 12.2. The third kappa shape index (κ3) is 5.36. The van der Waals surface area contributed by atoms with Crippen LogP contribution in [0.2, 0.25) is 0 Å². The first-order valence-corrected chi connectivity index (χ1v) is 6.70. The van der Waals surface area contributed by atoms with Crippen molar-refractivity contribution >= 4 is 0 Å². The minimum absolute atomic E-state index is 0.0166. The molecular weight excluding hydrogens is 214 g/mol. The van der Waals surface area contributed by atoms with E-state index in [9.17, 15) is 0 Å². The minimum Gasteiger partial charge on any atom is -0.370 e. The van der Waals surface area contributed by atoms with Crippen LogP contribution in [0, 0.1) is 0 Å². The molecule has 1 aliphatic carbocycles. The van der Waals surface area contributed by atoms with Crippen LogP contribution in [-0.4, -0.2) is 29.5 Å². The van der Waals surface area contributed by atoms with Crippen molar-refractivity contribution in [1.82, 2.24) is 0 Å². The van der Waals surface area contributed by atoms with Gasteiger partial charge in [0.1, 0.15) is 0 Å². The molecule has 0 saturated heterocycles. The highest BCUT2D eigenvalue weighted by atomic mass is 16.6. The Hall–Kier alpha value is -0.120. The lowest BCUT2D eigenvalue weighted by molar-refractivity contribution is -0.180. The lowest BCUT2D eigenvalue weighted by Crippen LogP contribution is -2.53. The van der Waals surface area contributed by atoms with Gasteiger partial charge in [0, 0.05) is 6.04 Å². The van der Waals surface area contributed by atoms with Crippen molar-refractivity contribution in [3.05, 3.63) is 0 Å². The summed E-state index contributed by atoms with van der Waals surface area (Å²) in [6.07, 6.45) is 3.35. The predicted molar refractivity (Wildman–Crippen MR) is 71.1 cm³/mol. The lowest BCUT2D eigenvalue weighted by atomic mass is 9.89. The Morgan fingerprint density at radius 2 is 1.41 bits per heavy atom. The van der Waals surface area contributed by atoms with Crippen molar-refractivity contribution in [2.75, 3.05) is 0 Å². The summed E-state index contributed by atoms with van der Waals surface area (Å²) in [6, 6.07) is 0.0929. The van der Waals surface area contributed by atoms with Gasteiger partial charge in [0.2, 0.25) is 0 Å². The molecule has 0 amide bonds. The molecule has 0 bridgehead atoms. The minimum atomic E-state index is -0.168. The maximum Gasteiger partial charge on any atom is 0.0994 e. The first-order chi connectivity index (χ1) is 7.58. The van der Waals surface area contributed by atoms with Crippen molar-refractivity contribution in [3.8, 4) is 0 Å². The van der Waals surface area contributed by atoms with Crippen molar-refractivity contribution in [3.63, 3.8) is 0 Å². The summed E-state index contributed by atoms with van der Waals surface area (Å²) in [7, 11) is 0. The molecule has 3 unspecified atom stereocenters. The molecule has 1 fully saturated rings. The molecule has 1 saturated carbocycles. The highest BCUT2D eigenvalue weighted by Crippen LogP contribution is 2.29. The van der Waals surface area contributed by atoms with E-state index in [1.807, 2.05) is 0 Å². The molecule has 1 aliphatic rings. The molecular formula is C14H29NO2. The maximum atomic E-state index is 6.19. The van der Waals surface area contributed by atoms with E-state index >= 15 is 0 Å².